The van der Waals surface area contributed by atoms with Gasteiger partial charge in [-0.2, -0.15) is 5.10 Å². The van der Waals surface area contributed by atoms with Crippen LogP contribution in [0.15, 0.2) is 6.20 Å². The van der Waals surface area contributed by atoms with Crippen molar-refractivity contribution in [1.29, 1.82) is 0 Å². The fourth-order valence-electron chi connectivity index (χ4n) is 2.06. The van der Waals surface area contributed by atoms with Crippen LogP contribution < -0.4 is 0 Å². The zero-order valence-corrected chi connectivity index (χ0v) is 8.81. The number of nitrogens with zero attached hydrogens (tertiary/aromatic N) is 3. The maximum Gasteiger partial charge on any atom is 0.354 e. The number of rotatable bonds is 3. The molecule has 1 aromatic heterocycles. The van der Waals surface area contributed by atoms with E-state index < -0.39 is 5.97 Å². The van der Waals surface area contributed by atoms with Crippen molar-refractivity contribution in [1.82, 2.24) is 14.7 Å². The van der Waals surface area contributed by atoms with E-state index in [1.54, 1.807) is 13.2 Å². The first-order chi connectivity index (χ1) is 7.18. The molecule has 0 aromatic carbocycles. The molecule has 0 unspecified atom stereocenters. The van der Waals surface area contributed by atoms with Crippen LogP contribution in [0.2, 0.25) is 0 Å². The minimum absolute atomic E-state index is 0.307. The normalized spacial score (nSPS) is 17.1. The number of aryl methyl sites for hydroxylation is 1. The van der Waals surface area contributed by atoms with Crippen molar-refractivity contribution < 1.29 is 9.90 Å². The second-order valence-electron chi connectivity index (χ2n) is 3.93. The number of hydrogen-bond donors (Lipinski definition) is 1. The topological polar surface area (TPSA) is 58.4 Å². The molecular weight excluding hydrogens is 194 g/mol. The summed E-state index contributed by atoms with van der Waals surface area (Å²) in [6.07, 6.45) is 4.08. The third-order valence-corrected chi connectivity index (χ3v) is 2.81. The predicted molar refractivity (Wildman–Crippen MR) is 54.7 cm³/mol. The summed E-state index contributed by atoms with van der Waals surface area (Å²) in [6.45, 7) is 2.83. The Hall–Kier alpha value is -1.36. The van der Waals surface area contributed by atoms with Crippen molar-refractivity contribution in [2.75, 3.05) is 13.1 Å². The van der Waals surface area contributed by atoms with E-state index in [4.69, 9.17) is 5.11 Å². The molecule has 1 aromatic rings. The van der Waals surface area contributed by atoms with Gasteiger partial charge in [-0.1, -0.05) is 0 Å². The Labute approximate surface area is 88.3 Å². The molecule has 1 aliphatic rings. The summed E-state index contributed by atoms with van der Waals surface area (Å²) >= 11 is 0. The monoisotopic (exact) mass is 209 g/mol. The van der Waals surface area contributed by atoms with E-state index in [1.807, 2.05) is 0 Å². The molecular formula is C10H15N3O2. The molecule has 0 atom stereocenters. The maximum absolute atomic E-state index is 11.0. The second-order valence-corrected chi connectivity index (χ2v) is 3.93. The third kappa shape index (κ3) is 2.02. The Morgan fingerprint density at radius 1 is 1.53 bits per heavy atom. The van der Waals surface area contributed by atoms with Crippen LogP contribution in [0.3, 0.4) is 0 Å². The van der Waals surface area contributed by atoms with Crippen LogP contribution in [0.1, 0.15) is 28.9 Å². The van der Waals surface area contributed by atoms with Crippen LogP contribution in [-0.2, 0) is 13.6 Å². The average Bonchev–Trinajstić information content (AvgIpc) is 2.76. The summed E-state index contributed by atoms with van der Waals surface area (Å²) in [5, 5.41) is 13.0. The lowest BCUT2D eigenvalue weighted by atomic mass is 10.2. The van der Waals surface area contributed by atoms with Gasteiger partial charge < -0.3 is 5.11 Å². The number of likely N-dealkylation sites (tertiary alicyclic amines) is 1. The Balaban J connectivity index is 2.16. The average molecular weight is 209 g/mol. The summed E-state index contributed by atoms with van der Waals surface area (Å²) in [6, 6.07) is 0. The Kier molecular flexibility index (Phi) is 2.73. The van der Waals surface area contributed by atoms with Gasteiger partial charge in [-0.15, -0.1) is 0 Å². The molecule has 5 nitrogen and oxygen atoms in total. The van der Waals surface area contributed by atoms with E-state index in [0.29, 0.717) is 12.2 Å². The predicted octanol–water partition coefficient (Wildman–Crippen LogP) is 0.714. The highest BCUT2D eigenvalue weighted by atomic mass is 16.4. The Morgan fingerprint density at radius 2 is 2.20 bits per heavy atom. The Bertz CT molecular complexity index is 367. The van der Waals surface area contributed by atoms with Gasteiger partial charge >= 0.3 is 5.97 Å². The molecule has 0 spiro atoms. The first kappa shape index (κ1) is 10.2. The van der Waals surface area contributed by atoms with Gasteiger partial charge in [0, 0.05) is 19.2 Å². The van der Waals surface area contributed by atoms with Crippen molar-refractivity contribution in [3.8, 4) is 0 Å². The van der Waals surface area contributed by atoms with Crippen LogP contribution in [0.25, 0.3) is 0 Å². The van der Waals surface area contributed by atoms with Crippen LogP contribution in [0.5, 0.6) is 0 Å². The minimum atomic E-state index is -0.899. The number of aromatic carboxylic acids is 1. The molecule has 15 heavy (non-hydrogen) atoms. The third-order valence-electron chi connectivity index (χ3n) is 2.81. The first-order valence-corrected chi connectivity index (χ1v) is 5.15. The lowest BCUT2D eigenvalue weighted by Crippen LogP contribution is -2.20. The summed E-state index contributed by atoms with van der Waals surface area (Å²) in [5.74, 6) is -0.899. The smallest absolute Gasteiger partial charge is 0.354 e. The molecule has 1 saturated heterocycles. The van der Waals surface area contributed by atoms with E-state index in [1.165, 1.54) is 17.5 Å². The molecule has 2 heterocycles. The minimum Gasteiger partial charge on any atom is -0.477 e. The lowest BCUT2D eigenvalue weighted by molar-refractivity contribution is 0.0682. The maximum atomic E-state index is 11.0. The fourth-order valence-corrected chi connectivity index (χ4v) is 2.06. The molecule has 0 amide bonds. The van der Waals surface area contributed by atoms with Gasteiger partial charge in [-0.25, -0.2) is 4.79 Å². The molecule has 2 rings (SSSR count). The van der Waals surface area contributed by atoms with Gasteiger partial charge in [-0.3, -0.25) is 9.58 Å². The SMILES string of the molecule is Cn1ncc(CN2CCCC2)c1C(=O)O. The molecule has 0 saturated carbocycles. The lowest BCUT2D eigenvalue weighted by Gasteiger charge is -2.13. The number of carboxylic acids is 1. The molecule has 5 heteroatoms. The molecule has 0 bridgehead atoms. The van der Waals surface area contributed by atoms with E-state index in [-0.39, 0.29) is 0 Å². The zero-order chi connectivity index (χ0) is 10.8. The zero-order valence-electron chi connectivity index (χ0n) is 8.81. The number of aromatic nitrogens is 2. The van der Waals surface area contributed by atoms with Gasteiger partial charge in [0.1, 0.15) is 0 Å². The summed E-state index contributed by atoms with van der Waals surface area (Å²) < 4.78 is 1.42. The summed E-state index contributed by atoms with van der Waals surface area (Å²) in [5.41, 5.74) is 1.12. The molecule has 0 radical (unpaired) electrons. The standard InChI is InChI=1S/C10H15N3O2/c1-12-9(10(14)15)8(6-11-12)7-13-4-2-3-5-13/h6H,2-5,7H2,1H3,(H,14,15). The molecule has 1 aliphatic heterocycles. The molecule has 82 valence electrons. The molecule has 1 N–H and O–H groups in total. The number of hydrogen-bond acceptors (Lipinski definition) is 3. The van der Waals surface area contributed by atoms with Crippen molar-refractivity contribution >= 4 is 5.97 Å². The number of carboxylic acid groups (broad SMARTS) is 1. The summed E-state index contributed by atoms with van der Waals surface area (Å²) in [4.78, 5) is 13.3. The van der Waals surface area contributed by atoms with Crippen molar-refractivity contribution in [2.45, 2.75) is 19.4 Å². The fraction of sp³-hybridized carbons (Fsp3) is 0.600. The Morgan fingerprint density at radius 3 is 2.80 bits per heavy atom. The quantitative estimate of drug-likeness (QED) is 0.796. The highest BCUT2D eigenvalue weighted by Gasteiger charge is 2.19. The van der Waals surface area contributed by atoms with Gasteiger partial charge in [0.25, 0.3) is 0 Å². The largest absolute Gasteiger partial charge is 0.477 e. The van der Waals surface area contributed by atoms with Crippen LogP contribution in [-0.4, -0.2) is 38.8 Å². The van der Waals surface area contributed by atoms with E-state index >= 15 is 0 Å². The highest BCUT2D eigenvalue weighted by Crippen LogP contribution is 2.15. The van der Waals surface area contributed by atoms with Crippen molar-refractivity contribution in [3.05, 3.63) is 17.5 Å². The van der Waals surface area contributed by atoms with Gasteiger partial charge in [-0.05, 0) is 25.9 Å². The first-order valence-electron chi connectivity index (χ1n) is 5.15. The van der Waals surface area contributed by atoms with E-state index in [0.717, 1.165) is 18.7 Å². The molecule has 0 aliphatic carbocycles. The second kappa shape index (κ2) is 4.02. The summed E-state index contributed by atoms with van der Waals surface area (Å²) in [7, 11) is 1.66. The molecule has 1 fully saturated rings. The van der Waals surface area contributed by atoms with Crippen LogP contribution in [0.4, 0.5) is 0 Å². The van der Waals surface area contributed by atoms with Gasteiger partial charge in [0.2, 0.25) is 0 Å². The highest BCUT2D eigenvalue weighted by molar-refractivity contribution is 5.87. The van der Waals surface area contributed by atoms with Crippen molar-refractivity contribution in [2.24, 2.45) is 7.05 Å². The van der Waals surface area contributed by atoms with E-state index in [2.05, 4.69) is 10.00 Å². The van der Waals surface area contributed by atoms with Crippen LogP contribution >= 0.6 is 0 Å². The van der Waals surface area contributed by atoms with E-state index in [9.17, 15) is 4.79 Å². The van der Waals surface area contributed by atoms with Gasteiger partial charge in [0.15, 0.2) is 5.69 Å². The van der Waals surface area contributed by atoms with Gasteiger partial charge in [0.05, 0.1) is 6.20 Å². The number of carbonyl (C=O) groups is 1. The van der Waals surface area contributed by atoms with Crippen LogP contribution in [0, 0.1) is 0 Å². The van der Waals surface area contributed by atoms with Crippen molar-refractivity contribution in [3.63, 3.8) is 0 Å².